The first-order valence-corrected chi connectivity index (χ1v) is 11.0. The molecule has 1 fully saturated rings. The van der Waals surface area contributed by atoms with Gasteiger partial charge in [-0.3, -0.25) is 0 Å². The van der Waals surface area contributed by atoms with Crippen LogP contribution in [0.2, 0.25) is 0 Å². The summed E-state index contributed by atoms with van der Waals surface area (Å²) in [5.74, 6) is 0.847. The Labute approximate surface area is 174 Å². The molecule has 1 aliphatic carbocycles. The first kappa shape index (κ1) is 21.4. The lowest BCUT2D eigenvalue weighted by Crippen LogP contribution is -2.39. The fourth-order valence-electron chi connectivity index (χ4n) is 3.66. The van der Waals surface area contributed by atoms with E-state index in [0.29, 0.717) is 12.6 Å². The number of aliphatic imine (C=N–C) groups is 1. The quantitative estimate of drug-likeness (QED) is 0.293. The second-order valence-corrected chi connectivity index (χ2v) is 7.66. The molecule has 2 N–H and O–H groups in total. The Hall–Kier alpha value is -2.34. The van der Waals surface area contributed by atoms with Crippen LogP contribution < -0.4 is 10.6 Å². The van der Waals surface area contributed by atoms with Crippen molar-refractivity contribution in [3.63, 3.8) is 0 Å². The number of benzene rings is 1. The topological polar surface area (TPSA) is 63.5 Å². The Balaban J connectivity index is 1.42. The summed E-state index contributed by atoms with van der Waals surface area (Å²) in [6.07, 6.45) is 13.8. The highest BCUT2D eigenvalue weighted by Crippen LogP contribution is 2.19. The maximum Gasteiger partial charge on any atom is 0.191 e. The third-order valence-electron chi connectivity index (χ3n) is 5.26. The zero-order valence-electron chi connectivity index (χ0n) is 17.6. The summed E-state index contributed by atoms with van der Waals surface area (Å²) in [5.41, 5.74) is 2.46. The van der Waals surface area contributed by atoms with E-state index < -0.39 is 0 Å². The van der Waals surface area contributed by atoms with Crippen LogP contribution in [0.4, 0.5) is 0 Å². The standard InChI is InChI=1S/C23H35N5O/c1-2-25-23(26-14-16-29-22-7-5-3-4-6-8-22)27-17-20-9-11-21(12-10-20)18-28-15-13-24-19-28/h9-13,15,19,22H,2-8,14,16-18H2,1H3,(H2,25,26,27). The van der Waals surface area contributed by atoms with Crippen LogP contribution in [0.3, 0.4) is 0 Å². The second-order valence-electron chi connectivity index (χ2n) is 7.66. The van der Waals surface area contributed by atoms with Crippen LogP contribution in [-0.4, -0.2) is 41.3 Å². The minimum atomic E-state index is 0.444. The fraction of sp³-hybridized carbons (Fsp3) is 0.565. The van der Waals surface area contributed by atoms with Gasteiger partial charge < -0.3 is 19.9 Å². The van der Waals surface area contributed by atoms with Crippen LogP contribution in [0.15, 0.2) is 48.0 Å². The number of imidazole rings is 1. The van der Waals surface area contributed by atoms with Crippen molar-refractivity contribution < 1.29 is 4.74 Å². The lowest BCUT2D eigenvalue weighted by Gasteiger charge is -2.16. The van der Waals surface area contributed by atoms with Crippen LogP contribution in [0.25, 0.3) is 0 Å². The summed E-state index contributed by atoms with van der Waals surface area (Å²) >= 11 is 0. The predicted octanol–water partition coefficient (Wildman–Crippen LogP) is 3.73. The van der Waals surface area contributed by atoms with E-state index in [2.05, 4.69) is 51.4 Å². The average molecular weight is 398 g/mol. The third-order valence-corrected chi connectivity index (χ3v) is 5.26. The van der Waals surface area contributed by atoms with E-state index in [4.69, 9.17) is 9.73 Å². The van der Waals surface area contributed by atoms with E-state index in [-0.39, 0.29) is 0 Å². The molecule has 1 aromatic carbocycles. The maximum absolute atomic E-state index is 6.06. The third kappa shape index (κ3) is 7.89. The van der Waals surface area contributed by atoms with Crippen LogP contribution >= 0.6 is 0 Å². The van der Waals surface area contributed by atoms with Crippen LogP contribution in [0, 0.1) is 0 Å². The molecule has 0 spiro atoms. The number of nitrogens with one attached hydrogen (secondary N) is 2. The van der Waals surface area contributed by atoms with Crippen molar-refractivity contribution in [3.8, 4) is 0 Å². The number of hydrogen-bond donors (Lipinski definition) is 2. The first-order valence-electron chi connectivity index (χ1n) is 11.0. The monoisotopic (exact) mass is 397 g/mol. The molecule has 1 aromatic heterocycles. The van der Waals surface area contributed by atoms with Gasteiger partial charge in [-0.1, -0.05) is 49.9 Å². The highest BCUT2D eigenvalue weighted by Gasteiger charge is 2.12. The largest absolute Gasteiger partial charge is 0.376 e. The van der Waals surface area contributed by atoms with Gasteiger partial charge in [0, 0.05) is 32.0 Å². The van der Waals surface area contributed by atoms with E-state index in [1.807, 2.05) is 12.5 Å². The molecule has 6 heteroatoms. The van der Waals surface area contributed by atoms with Crippen molar-refractivity contribution in [2.45, 2.75) is 64.6 Å². The molecular weight excluding hydrogens is 362 g/mol. The number of aromatic nitrogens is 2. The van der Waals surface area contributed by atoms with Gasteiger partial charge in [-0.15, -0.1) is 0 Å². The number of rotatable bonds is 9. The molecule has 6 nitrogen and oxygen atoms in total. The fourth-order valence-corrected chi connectivity index (χ4v) is 3.66. The molecule has 29 heavy (non-hydrogen) atoms. The molecule has 0 amide bonds. The minimum absolute atomic E-state index is 0.444. The van der Waals surface area contributed by atoms with E-state index in [0.717, 1.165) is 32.2 Å². The van der Waals surface area contributed by atoms with Gasteiger partial charge in [-0.2, -0.15) is 0 Å². The number of ether oxygens (including phenoxy) is 1. The SMILES string of the molecule is CCNC(=NCc1ccc(Cn2ccnc2)cc1)NCCOC1CCCCCC1. The van der Waals surface area contributed by atoms with Gasteiger partial charge in [0.05, 0.1) is 25.6 Å². The Bertz CT molecular complexity index is 703. The number of guanidine groups is 1. The molecule has 0 unspecified atom stereocenters. The highest BCUT2D eigenvalue weighted by atomic mass is 16.5. The van der Waals surface area contributed by atoms with Crippen molar-refractivity contribution in [3.05, 3.63) is 54.1 Å². The first-order chi connectivity index (χ1) is 14.3. The average Bonchev–Trinajstić information content (AvgIpc) is 3.11. The molecule has 1 aliphatic rings. The summed E-state index contributed by atoms with van der Waals surface area (Å²) in [7, 11) is 0. The summed E-state index contributed by atoms with van der Waals surface area (Å²) in [6, 6.07) is 8.61. The summed E-state index contributed by atoms with van der Waals surface area (Å²) in [5, 5.41) is 6.71. The maximum atomic E-state index is 6.06. The number of hydrogen-bond acceptors (Lipinski definition) is 3. The molecule has 0 saturated heterocycles. The molecular formula is C23H35N5O. The normalized spacial score (nSPS) is 15.8. The highest BCUT2D eigenvalue weighted by molar-refractivity contribution is 5.79. The molecule has 1 heterocycles. The smallest absolute Gasteiger partial charge is 0.191 e. The molecule has 2 aromatic rings. The van der Waals surface area contributed by atoms with Crippen molar-refractivity contribution in [2.24, 2.45) is 4.99 Å². The predicted molar refractivity (Wildman–Crippen MR) is 118 cm³/mol. The second kappa shape index (κ2) is 12.3. The van der Waals surface area contributed by atoms with Crippen molar-refractivity contribution in [1.29, 1.82) is 0 Å². The Kier molecular flexibility index (Phi) is 9.04. The Morgan fingerprint density at radius 2 is 1.86 bits per heavy atom. The van der Waals surface area contributed by atoms with Gasteiger partial charge in [0.15, 0.2) is 5.96 Å². The molecule has 0 aliphatic heterocycles. The van der Waals surface area contributed by atoms with E-state index in [1.54, 1.807) is 6.20 Å². The lowest BCUT2D eigenvalue weighted by molar-refractivity contribution is 0.0468. The van der Waals surface area contributed by atoms with Gasteiger partial charge in [-0.25, -0.2) is 9.98 Å². The van der Waals surface area contributed by atoms with Crippen molar-refractivity contribution >= 4 is 5.96 Å². The van der Waals surface area contributed by atoms with E-state index in [9.17, 15) is 0 Å². The van der Waals surface area contributed by atoms with Crippen molar-refractivity contribution in [1.82, 2.24) is 20.2 Å². The minimum Gasteiger partial charge on any atom is -0.376 e. The van der Waals surface area contributed by atoms with Gasteiger partial charge in [0.25, 0.3) is 0 Å². The number of nitrogens with zero attached hydrogens (tertiary/aromatic N) is 3. The molecule has 158 valence electrons. The Morgan fingerprint density at radius 3 is 2.55 bits per heavy atom. The molecule has 0 atom stereocenters. The van der Waals surface area contributed by atoms with Crippen molar-refractivity contribution in [2.75, 3.05) is 19.7 Å². The van der Waals surface area contributed by atoms with Crippen LogP contribution in [0.5, 0.6) is 0 Å². The Morgan fingerprint density at radius 1 is 1.10 bits per heavy atom. The van der Waals surface area contributed by atoms with Gasteiger partial charge in [0.2, 0.25) is 0 Å². The summed E-state index contributed by atoms with van der Waals surface area (Å²) < 4.78 is 8.13. The van der Waals surface area contributed by atoms with Gasteiger partial charge in [-0.05, 0) is 30.9 Å². The molecule has 3 rings (SSSR count). The van der Waals surface area contributed by atoms with Gasteiger partial charge in [0.1, 0.15) is 0 Å². The molecule has 0 bridgehead atoms. The van der Waals surface area contributed by atoms with Crippen LogP contribution in [-0.2, 0) is 17.8 Å². The summed E-state index contributed by atoms with van der Waals surface area (Å²) in [6.45, 7) is 5.95. The summed E-state index contributed by atoms with van der Waals surface area (Å²) in [4.78, 5) is 8.80. The van der Waals surface area contributed by atoms with Crippen LogP contribution in [0.1, 0.15) is 56.6 Å². The lowest BCUT2D eigenvalue weighted by atomic mass is 10.1. The van der Waals surface area contributed by atoms with Gasteiger partial charge >= 0.3 is 0 Å². The molecule has 0 radical (unpaired) electrons. The zero-order valence-corrected chi connectivity index (χ0v) is 17.6. The molecule has 1 saturated carbocycles. The van der Waals surface area contributed by atoms with E-state index in [1.165, 1.54) is 49.7 Å². The zero-order chi connectivity index (χ0) is 20.2. The van der Waals surface area contributed by atoms with E-state index >= 15 is 0 Å².